The van der Waals surface area contributed by atoms with Crippen LogP contribution >= 0.6 is 23.2 Å². The molecule has 0 spiro atoms. The minimum Gasteiger partial charge on any atom is -0.508 e. The molecule has 14 heavy (non-hydrogen) atoms. The number of aromatic hydroxyl groups is 1. The zero-order valence-corrected chi connectivity index (χ0v) is 8.89. The second-order valence-corrected chi connectivity index (χ2v) is 3.88. The number of halogens is 2. The number of hydrogen-bond donors (Lipinski definition) is 3. The summed E-state index contributed by atoms with van der Waals surface area (Å²) in [7, 11) is 0. The van der Waals surface area contributed by atoms with E-state index in [2.05, 4.69) is 0 Å². The lowest BCUT2D eigenvalue weighted by molar-refractivity contribution is 0.264. The monoisotopic (exact) mass is 235 g/mol. The molecule has 0 aromatic heterocycles. The second-order valence-electron chi connectivity index (χ2n) is 3.03. The van der Waals surface area contributed by atoms with E-state index in [4.69, 9.17) is 34.0 Å². The van der Waals surface area contributed by atoms with E-state index in [1.807, 2.05) is 0 Å². The normalized spacial score (nSPS) is 12.9. The minimum absolute atomic E-state index is 0.00593. The highest BCUT2D eigenvalue weighted by Crippen LogP contribution is 2.30. The largest absolute Gasteiger partial charge is 0.508 e. The van der Waals surface area contributed by atoms with Gasteiger partial charge in [-0.3, -0.25) is 0 Å². The Balaban J connectivity index is 2.96. The lowest BCUT2D eigenvalue weighted by atomic mass is 10.1. The molecule has 0 saturated carbocycles. The van der Waals surface area contributed by atoms with Gasteiger partial charge in [0.05, 0.1) is 6.61 Å². The highest BCUT2D eigenvalue weighted by Gasteiger charge is 2.11. The first-order valence-corrected chi connectivity index (χ1v) is 4.83. The molecule has 0 amide bonds. The van der Waals surface area contributed by atoms with E-state index < -0.39 is 6.04 Å². The Bertz CT molecular complexity index is 308. The Hall–Kier alpha value is -0.480. The summed E-state index contributed by atoms with van der Waals surface area (Å²) in [5.74, 6) is 0.00593. The first-order chi connectivity index (χ1) is 6.54. The van der Waals surface area contributed by atoms with Crippen molar-refractivity contribution in [1.29, 1.82) is 0 Å². The molecule has 0 aliphatic heterocycles. The number of phenolic OH excluding ortho intramolecular Hbond substituents is 1. The van der Waals surface area contributed by atoms with Crippen LogP contribution < -0.4 is 5.73 Å². The Morgan fingerprint density at radius 3 is 2.50 bits per heavy atom. The first kappa shape index (κ1) is 11.6. The van der Waals surface area contributed by atoms with Crippen molar-refractivity contribution in [1.82, 2.24) is 0 Å². The summed E-state index contributed by atoms with van der Waals surface area (Å²) in [6.07, 6.45) is 0.318. The van der Waals surface area contributed by atoms with Gasteiger partial charge in [-0.15, -0.1) is 0 Å². The molecule has 0 aliphatic rings. The van der Waals surface area contributed by atoms with E-state index in [1.54, 1.807) is 0 Å². The van der Waals surface area contributed by atoms with Crippen LogP contribution in [0, 0.1) is 0 Å². The van der Waals surface area contributed by atoms with E-state index >= 15 is 0 Å². The third-order valence-corrected chi connectivity index (χ3v) is 2.39. The highest BCUT2D eigenvalue weighted by atomic mass is 35.5. The first-order valence-electron chi connectivity index (χ1n) is 4.08. The molecule has 1 atom stereocenters. The van der Waals surface area contributed by atoms with Gasteiger partial charge in [0, 0.05) is 21.7 Å². The highest BCUT2D eigenvalue weighted by molar-refractivity contribution is 6.35. The molecule has 1 unspecified atom stereocenters. The summed E-state index contributed by atoms with van der Waals surface area (Å²) in [6.45, 7) is -0.154. The van der Waals surface area contributed by atoms with Crippen LogP contribution in [-0.2, 0) is 6.42 Å². The summed E-state index contributed by atoms with van der Waals surface area (Å²) in [6, 6.07) is 2.49. The maximum Gasteiger partial charge on any atom is 0.121 e. The van der Waals surface area contributed by atoms with Crippen molar-refractivity contribution in [3.05, 3.63) is 27.7 Å². The number of benzene rings is 1. The number of nitrogens with two attached hydrogens (primary N) is 1. The smallest absolute Gasteiger partial charge is 0.121 e. The molecule has 78 valence electrons. The predicted octanol–water partition coefficient (Wildman–Crippen LogP) is 1.56. The third kappa shape index (κ3) is 2.75. The van der Waals surface area contributed by atoms with Crippen LogP contribution in [0.25, 0.3) is 0 Å². The van der Waals surface area contributed by atoms with Crippen molar-refractivity contribution >= 4 is 23.2 Å². The van der Waals surface area contributed by atoms with Gasteiger partial charge in [0.25, 0.3) is 0 Å². The molecule has 1 rings (SSSR count). The zero-order chi connectivity index (χ0) is 10.7. The van der Waals surface area contributed by atoms with Crippen molar-refractivity contribution in [2.75, 3.05) is 6.61 Å². The average molecular weight is 236 g/mol. The maximum atomic E-state index is 9.51. The Morgan fingerprint density at radius 1 is 1.36 bits per heavy atom. The van der Waals surface area contributed by atoms with Gasteiger partial charge in [-0.25, -0.2) is 0 Å². The van der Waals surface area contributed by atoms with Crippen LogP contribution in [0.3, 0.4) is 0 Å². The minimum atomic E-state index is -0.431. The molecule has 0 saturated heterocycles. The number of aliphatic hydroxyl groups is 1. The zero-order valence-electron chi connectivity index (χ0n) is 7.37. The number of rotatable bonds is 3. The van der Waals surface area contributed by atoms with Crippen molar-refractivity contribution in [3.8, 4) is 5.75 Å². The van der Waals surface area contributed by atoms with E-state index in [1.165, 1.54) is 12.1 Å². The molecule has 0 fully saturated rings. The summed E-state index contributed by atoms with van der Waals surface area (Å²) in [5.41, 5.74) is 6.04. The van der Waals surface area contributed by atoms with Crippen LogP contribution in [0.4, 0.5) is 0 Å². The van der Waals surface area contributed by atoms with Crippen molar-refractivity contribution in [2.24, 2.45) is 5.73 Å². The van der Waals surface area contributed by atoms with Gasteiger partial charge in [0.15, 0.2) is 0 Å². The quantitative estimate of drug-likeness (QED) is 0.746. The fourth-order valence-corrected chi connectivity index (χ4v) is 1.68. The number of hydrogen-bond acceptors (Lipinski definition) is 3. The van der Waals surface area contributed by atoms with Gasteiger partial charge in [0.2, 0.25) is 0 Å². The Morgan fingerprint density at radius 2 is 2.00 bits per heavy atom. The second kappa shape index (κ2) is 4.84. The molecular formula is C9H11Cl2NO2. The van der Waals surface area contributed by atoms with Gasteiger partial charge in [0.1, 0.15) is 5.75 Å². The maximum absolute atomic E-state index is 9.51. The lowest BCUT2D eigenvalue weighted by Gasteiger charge is -2.11. The molecule has 0 aliphatic carbocycles. The molecule has 3 nitrogen and oxygen atoms in total. The fraction of sp³-hybridized carbons (Fsp3) is 0.333. The molecule has 1 aromatic rings. The molecule has 1 aromatic carbocycles. The fourth-order valence-electron chi connectivity index (χ4n) is 1.12. The molecule has 0 heterocycles. The van der Waals surface area contributed by atoms with Gasteiger partial charge in [-0.05, 0) is 18.6 Å². The van der Waals surface area contributed by atoms with Gasteiger partial charge >= 0.3 is 0 Å². The molecule has 4 N–H and O–H groups in total. The average Bonchev–Trinajstić information content (AvgIpc) is 2.10. The van der Waals surface area contributed by atoms with Gasteiger partial charge in [-0.2, -0.15) is 0 Å². The predicted molar refractivity (Wildman–Crippen MR) is 56.9 cm³/mol. The summed E-state index contributed by atoms with van der Waals surface area (Å²) in [4.78, 5) is 0. The van der Waals surface area contributed by atoms with E-state index in [9.17, 15) is 5.11 Å². The van der Waals surface area contributed by atoms with Crippen LogP contribution in [0.15, 0.2) is 12.1 Å². The van der Waals surface area contributed by atoms with Gasteiger partial charge in [-0.1, -0.05) is 23.2 Å². The number of aliphatic hydroxyl groups excluding tert-OH is 1. The summed E-state index contributed by atoms with van der Waals surface area (Å²) >= 11 is 11.5. The van der Waals surface area contributed by atoms with E-state index in [0.717, 1.165) is 0 Å². The van der Waals surface area contributed by atoms with Crippen LogP contribution in [0.1, 0.15) is 5.56 Å². The molecule has 0 radical (unpaired) electrons. The number of phenols is 1. The lowest BCUT2D eigenvalue weighted by Crippen LogP contribution is -2.26. The van der Waals surface area contributed by atoms with Crippen molar-refractivity contribution in [3.63, 3.8) is 0 Å². The van der Waals surface area contributed by atoms with E-state index in [-0.39, 0.29) is 12.4 Å². The molecule has 5 heteroatoms. The van der Waals surface area contributed by atoms with Crippen molar-refractivity contribution in [2.45, 2.75) is 12.5 Å². The Labute approximate surface area is 92.1 Å². The van der Waals surface area contributed by atoms with Gasteiger partial charge < -0.3 is 15.9 Å². The molecule has 0 bridgehead atoms. The standard InChI is InChI=1S/C9H11Cl2NO2/c10-5-1-8(11)7(9(14)2-5)3-6(12)4-13/h1-2,6,13-14H,3-4,12H2. The SMILES string of the molecule is NC(CO)Cc1c(O)cc(Cl)cc1Cl. The summed E-state index contributed by atoms with van der Waals surface area (Å²) < 4.78 is 0. The molecular weight excluding hydrogens is 225 g/mol. The van der Waals surface area contributed by atoms with Crippen LogP contribution in [0.5, 0.6) is 5.75 Å². The van der Waals surface area contributed by atoms with Crippen LogP contribution in [-0.4, -0.2) is 22.9 Å². The Kier molecular flexibility index (Phi) is 4.01. The third-order valence-electron chi connectivity index (χ3n) is 1.84. The van der Waals surface area contributed by atoms with E-state index in [0.29, 0.717) is 22.0 Å². The topological polar surface area (TPSA) is 66.5 Å². The summed E-state index contributed by atoms with van der Waals surface area (Å²) in [5, 5.41) is 19.0. The van der Waals surface area contributed by atoms with Crippen LogP contribution in [0.2, 0.25) is 10.0 Å². The van der Waals surface area contributed by atoms with Crippen molar-refractivity contribution < 1.29 is 10.2 Å².